The fraction of sp³-hybridized carbons (Fsp3) is 0.219. The number of rotatable bonds is 8. The third kappa shape index (κ3) is 5.72. The summed E-state index contributed by atoms with van der Waals surface area (Å²) in [5.41, 5.74) is 6.39. The number of amides is 1. The number of aliphatic imine (C=N–C) groups is 1. The van der Waals surface area contributed by atoms with E-state index in [0.717, 1.165) is 33.5 Å². The molecule has 40 heavy (non-hydrogen) atoms. The summed E-state index contributed by atoms with van der Waals surface area (Å²) in [6, 6.07) is 21.3. The highest BCUT2D eigenvalue weighted by molar-refractivity contribution is 8.16. The Morgan fingerprint density at radius 2 is 1.80 bits per heavy atom. The molecule has 0 aromatic heterocycles. The molecule has 3 aromatic rings. The van der Waals surface area contributed by atoms with Crippen molar-refractivity contribution >= 4 is 34.5 Å². The molecule has 1 N–H and O–H groups in total. The normalized spacial score (nSPS) is 16.3. The Bertz CT molecular complexity index is 1530. The van der Waals surface area contributed by atoms with Crippen LogP contribution in [0, 0.1) is 19.7 Å². The Morgan fingerprint density at radius 3 is 2.52 bits per heavy atom. The molecule has 5 rings (SSSR count). The summed E-state index contributed by atoms with van der Waals surface area (Å²) in [5.74, 6) is -0.947. The Labute approximate surface area is 237 Å². The van der Waals surface area contributed by atoms with Gasteiger partial charge in [-0.15, -0.1) is 0 Å². The molecule has 0 saturated carbocycles. The number of aryl methyl sites for hydroxylation is 2. The predicted molar refractivity (Wildman–Crippen MR) is 156 cm³/mol. The van der Waals surface area contributed by atoms with Gasteiger partial charge in [0, 0.05) is 17.8 Å². The molecular formula is C32H30FN3O3S. The van der Waals surface area contributed by atoms with Gasteiger partial charge in [-0.3, -0.25) is 4.79 Å². The largest absolute Gasteiger partial charge is 0.463 e. The van der Waals surface area contributed by atoms with E-state index >= 15 is 0 Å². The molecule has 0 radical (unpaired) electrons. The molecule has 0 fully saturated rings. The number of ether oxygens (including phenoxy) is 1. The molecule has 1 atom stereocenters. The Kier molecular flexibility index (Phi) is 8.16. The third-order valence-corrected chi connectivity index (χ3v) is 7.72. The molecule has 0 aliphatic carbocycles. The van der Waals surface area contributed by atoms with Crippen LogP contribution in [-0.2, 0) is 20.9 Å². The SMILES string of the molecule is CCOC(=O)C1=C(c2ccccc2)N=C2SC=C(CC(=O)NCc3ccc(F)cc3)N2[C@H]1c1cc(C)ccc1C. The van der Waals surface area contributed by atoms with Gasteiger partial charge in [0.05, 0.1) is 30.3 Å². The van der Waals surface area contributed by atoms with Crippen molar-refractivity contribution in [3.8, 4) is 0 Å². The van der Waals surface area contributed by atoms with Crippen LogP contribution in [0.2, 0.25) is 0 Å². The first-order valence-electron chi connectivity index (χ1n) is 13.1. The van der Waals surface area contributed by atoms with Gasteiger partial charge in [0.2, 0.25) is 5.91 Å². The van der Waals surface area contributed by atoms with Gasteiger partial charge in [0.25, 0.3) is 0 Å². The number of nitrogens with one attached hydrogen (secondary N) is 1. The Morgan fingerprint density at radius 1 is 1.05 bits per heavy atom. The van der Waals surface area contributed by atoms with Gasteiger partial charge >= 0.3 is 5.97 Å². The molecule has 0 saturated heterocycles. The van der Waals surface area contributed by atoms with Crippen LogP contribution in [0.4, 0.5) is 4.39 Å². The monoisotopic (exact) mass is 555 g/mol. The highest BCUT2D eigenvalue weighted by Gasteiger charge is 2.42. The van der Waals surface area contributed by atoms with E-state index in [1.807, 2.05) is 66.6 Å². The summed E-state index contributed by atoms with van der Waals surface area (Å²) < 4.78 is 18.9. The van der Waals surface area contributed by atoms with Crippen molar-refractivity contribution in [1.29, 1.82) is 0 Å². The highest BCUT2D eigenvalue weighted by atomic mass is 32.2. The van der Waals surface area contributed by atoms with Gasteiger partial charge in [0.15, 0.2) is 5.17 Å². The molecule has 2 aliphatic heterocycles. The molecule has 2 heterocycles. The van der Waals surface area contributed by atoms with Gasteiger partial charge < -0.3 is 15.0 Å². The zero-order chi connectivity index (χ0) is 28.2. The van der Waals surface area contributed by atoms with Crippen molar-refractivity contribution in [3.63, 3.8) is 0 Å². The van der Waals surface area contributed by atoms with Gasteiger partial charge in [-0.25, -0.2) is 14.2 Å². The topological polar surface area (TPSA) is 71.0 Å². The maximum Gasteiger partial charge on any atom is 0.338 e. The van der Waals surface area contributed by atoms with E-state index in [1.54, 1.807) is 19.1 Å². The number of carbonyl (C=O) groups excluding carboxylic acids is 2. The number of halogens is 1. The zero-order valence-corrected chi connectivity index (χ0v) is 23.4. The first-order valence-corrected chi connectivity index (χ1v) is 14.0. The first kappa shape index (κ1) is 27.4. The van der Waals surface area contributed by atoms with Crippen LogP contribution in [0.5, 0.6) is 0 Å². The van der Waals surface area contributed by atoms with Gasteiger partial charge in [-0.05, 0) is 55.0 Å². The smallest absolute Gasteiger partial charge is 0.338 e. The van der Waals surface area contributed by atoms with Crippen molar-refractivity contribution in [2.45, 2.75) is 39.8 Å². The van der Waals surface area contributed by atoms with E-state index in [1.165, 1.54) is 23.9 Å². The van der Waals surface area contributed by atoms with Crippen LogP contribution in [0.15, 0.2) is 94.5 Å². The minimum absolute atomic E-state index is 0.0886. The van der Waals surface area contributed by atoms with E-state index in [9.17, 15) is 14.0 Å². The number of fused-ring (bicyclic) bond motifs is 1. The van der Waals surface area contributed by atoms with E-state index < -0.39 is 12.0 Å². The molecule has 1 amide bonds. The standard InChI is InChI=1S/C32H30FN3O3S/c1-4-39-31(38)28-29(23-8-6-5-7-9-23)35-32-36(30(28)26-16-20(2)10-11-21(26)3)25(19-40-32)17-27(37)34-18-22-12-14-24(33)15-13-22/h5-16,19,30H,4,17-18H2,1-3H3,(H,34,37)/t30-/m0/s1. The summed E-state index contributed by atoms with van der Waals surface area (Å²) in [5, 5.41) is 5.54. The molecule has 204 valence electrons. The Hall–Kier alpha value is -4.17. The van der Waals surface area contributed by atoms with Crippen LogP contribution >= 0.6 is 11.8 Å². The number of carbonyl (C=O) groups is 2. The molecule has 0 spiro atoms. The molecule has 2 aliphatic rings. The molecule has 0 bridgehead atoms. The molecule has 3 aromatic carbocycles. The molecule has 0 unspecified atom stereocenters. The van der Waals surface area contributed by atoms with Crippen molar-refractivity contribution in [3.05, 3.63) is 123 Å². The maximum absolute atomic E-state index is 13.7. The van der Waals surface area contributed by atoms with E-state index in [2.05, 4.69) is 11.4 Å². The first-order chi connectivity index (χ1) is 19.4. The van der Waals surface area contributed by atoms with Gasteiger partial charge in [0.1, 0.15) is 5.82 Å². The van der Waals surface area contributed by atoms with Crippen LogP contribution < -0.4 is 5.32 Å². The number of hydrogen-bond donors (Lipinski definition) is 1. The summed E-state index contributed by atoms with van der Waals surface area (Å²) >= 11 is 1.43. The zero-order valence-electron chi connectivity index (χ0n) is 22.6. The van der Waals surface area contributed by atoms with Crippen LogP contribution in [0.25, 0.3) is 5.70 Å². The minimum atomic E-state index is -0.534. The van der Waals surface area contributed by atoms with E-state index in [-0.39, 0.29) is 31.3 Å². The number of hydrogen-bond acceptors (Lipinski definition) is 6. The van der Waals surface area contributed by atoms with Crippen LogP contribution in [0.1, 0.15) is 47.2 Å². The van der Waals surface area contributed by atoms with Crippen molar-refractivity contribution in [2.24, 2.45) is 4.99 Å². The fourth-order valence-electron chi connectivity index (χ4n) is 4.87. The minimum Gasteiger partial charge on any atom is -0.463 e. The molecular weight excluding hydrogens is 525 g/mol. The maximum atomic E-state index is 13.7. The number of benzene rings is 3. The number of thioether (sulfide) groups is 1. The lowest BCUT2D eigenvalue weighted by atomic mass is 9.88. The van der Waals surface area contributed by atoms with Crippen molar-refractivity contribution < 1.29 is 18.7 Å². The van der Waals surface area contributed by atoms with Gasteiger partial charge in [-0.1, -0.05) is 78.0 Å². The van der Waals surface area contributed by atoms with Crippen molar-refractivity contribution in [2.75, 3.05) is 6.61 Å². The second-order valence-electron chi connectivity index (χ2n) is 9.68. The summed E-state index contributed by atoms with van der Waals surface area (Å²) in [7, 11) is 0. The average Bonchev–Trinajstić information content (AvgIpc) is 3.35. The average molecular weight is 556 g/mol. The second kappa shape index (κ2) is 11.9. The van der Waals surface area contributed by atoms with E-state index in [0.29, 0.717) is 16.4 Å². The van der Waals surface area contributed by atoms with Gasteiger partial charge in [-0.2, -0.15) is 0 Å². The fourth-order valence-corrected chi connectivity index (χ4v) is 5.79. The lowest BCUT2D eigenvalue weighted by molar-refractivity contribution is -0.139. The van der Waals surface area contributed by atoms with Crippen LogP contribution in [-0.4, -0.2) is 28.6 Å². The molecule has 8 heteroatoms. The summed E-state index contributed by atoms with van der Waals surface area (Å²) in [6.45, 7) is 6.34. The third-order valence-electron chi connectivity index (χ3n) is 6.83. The second-order valence-corrected chi connectivity index (χ2v) is 10.5. The number of esters is 1. The lowest BCUT2D eigenvalue weighted by Crippen LogP contribution is -2.38. The number of nitrogens with zero attached hydrogens (tertiary/aromatic N) is 2. The lowest BCUT2D eigenvalue weighted by Gasteiger charge is -2.37. The van der Waals surface area contributed by atoms with Crippen molar-refractivity contribution in [1.82, 2.24) is 10.2 Å². The summed E-state index contributed by atoms with van der Waals surface area (Å²) in [4.78, 5) is 33.7. The number of amidine groups is 1. The predicted octanol–water partition coefficient (Wildman–Crippen LogP) is 6.42. The quantitative estimate of drug-likeness (QED) is 0.325. The van der Waals surface area contributed by atoms with Crippen LogP contribution in [0.3, 0.4) is 0 Å². The van der Waals surface area contributed by atoms with E-state index in [4.69, 9.17) is 9.73 Å². The molecule has 6 nitrogen and oxygen atoms in total. The highest BCUT2D eigenvalue weighted by Crippen LogP contribution is 2.47. The Balaban J connectivity index is 1.54. The summed E-state index contributed by atoms with van der Waals surface area (Å²) in [6.07, 6.45) is 0.0886.